The van der Waals surface area contributed by atoms with Crippen molar-refractivity contribution in [1.82, 2.24) is 10.3 Å². The molecule has 1 amide bonds. The average molecular weight is 393 g/mol. The first-order valence-electron chi connectivity index (χ1n) is 10.2. The number of hydrogen-bond donors (Lipinski definition) is 1. The van der Waals surface area contributed by atoms with Crippen LogP contribution in [0.25, 0.3) is 11.1 Å². The number of anilines is 1. The molecule has 3 aromatic rings. The molecule has 0 spiro atoms. The quantitative estimate of drug-likeness (QED) is 0.653. The molecule has 6 heteroatoms. The fourth-order valence-electron chi connectivity index (χ4n) is 3.88. The molecule has 0 aliphatic carbocycles. The van der Waals surface area contributed by atoms with Gasteiger partial charge in [0.15, 0.2) is 5.58 Å². The van der Waals surface area contributed by atoms with Crippen molar-refractivity contribution in [3.05, 3.63) is 54.1 Å². The first-order valence-corrected chi connectivity index (χ1v) is 10.2. The normalized spacial score (nSPS) is 16.7. The number of nitrogens with zero attached hydrogens (tertiary/aromatic N) is 2. The second-order valence-electron chi connectivity index (χ2n) is 7.59. The van der Waals surface area contributed by atoms with E-state index in [1.165, 1.54) is 0 Å². The highest BCUT2D eigenvalue weighted by atomic mass is 16.5. The molecular weight excluding hydrogens is 366 g/mol. The molecule has 1 aliphatic rings. The summed E-state index contributed by atoms with van der Waals surface area (Å²) in [7, 11) is 1.64. The van der Waals surface area contributed by atoms with Gasteiger partial charge in [-0.2, -0.15) is 4.98 Å². The molecule has 0 radical (unpaired) electrons. The summed E-state index contributed by atoms with van der Waals surface area (Å²) < 4.78 is 11.1. The summed E-state index contributed by atoms with van der Waals surface area (Å²) >= 11 is 0. The van der Waals surface area contributed by atoms with Gasteiger partial charge in [0.1, 0.15) is 11.3 Å². The number of aromatic nitrogens is 1. The maximum Gasteiger partial charge on any atom is 0.298 e. The number of carbonyl (C=O) groups excluding carboxylic acids is 1. The topological polar surface area (TPSA) is 67.6 Å². The Labute approximate surface area is 170 Å². The third kappa shape index (κ3) is 4.88. The van der Waals surface area contributed by atoms with Gasteiger partial charge in [-0.25, -0.2) is 0 Å². The predicted octanol–water partition coefficient (Wildman–Crippen LogP) is 4.15. The Bertz CT molecular complexity index is 936. The van der Waals surface area contributed by atoms with Gasteiger partial charge in [0.25, 0.3) is 6.01 Å². The van der Waals surface area contributed by atoms with Crippen molar-refractivity contribution in [3.8, 4) is 5.75 Å². The molecule has 4 rings (SSSR count). The number of nitrogens with one attached hydrogen (secondary N) is 1. The summed E-state index contributed by atoms with van der Waals surface area (Å²) in [6, 6.07) is 16.3. The number of amides is 1. The Morgan fingerprint density at radius 3 is 3.03 bits per heavy atom. The molecule has 0 bridgehead atoms. The molecule has 0 unspecified atom stereocenters. The SMILES string of the molecule is COc1cccc(CNC(=O)CC[C@@H]2CCCN(c3nc4ccccc4o3)C2)c1. The van der Waals surface area contributed by atoms with Gasteiger partial charge in [-0.3, -0.25) is 4.79 Å². The van der Waals surface area contributed by atoms with Crippen molar-refractivity contribution in [2.24, 2.45) is 5.92 Å². The summed E-state index contributed by atoms with van der Waals surface area (Å²) in [6.07, 6.45) is 3.64. The molecule has 1 N–H and O–H groups in total. The third-order valence-electron chi connectivity index (χ3n) is 5.48. The van der Waals surface area contributed by atoms with Crippen LogP contribution in [0.5, 0.6) is 5.75 Å². The van der Waals surface area contributed by atoms with E-state index in [0.717, 1.165) is 54.8 Å². The monoisotopic (exact) mass is 393 g/mol. The van der Waals surface area contributed by atoms with Gasteiger partial charge in [-0.05, 0) is 55.0 Å². The molecule has 2 heterocycles. The number of rotatable bonds is 7. The number of oxazole rings is 1. The lowest BCUT2D eigenvalue weighted by molar-refractivity contribution is -0.121. The second-order valence-corrected chi connectivity index (χ2v) is 7.59. The summed E-state index contributed by atoms with van der Waals surface area (Å²) in [6.45, 7) is 2.36. The van der Waals surface area contributed by atoms with Crippen LogP contribution in [-0.2, 0) is 11.3 Å². The number of benzene rings is 2. The van der Waals surface area contributed by atoms with Gasteiger partial charge in [0.05, 0.1) is 7.11 Å². The maximum atomic E-state index is 12.3. The van der Waals surface area contributed by atoms with Crippen LogP contribution in [0.4, 0.5) is 6.01 Å². The summed E-state index contributed by atoms with van der Waals surface area (Å²) in [4.78, 5) is 19.1. The molecule has 6 nitrogen and oxygen atoms in total. The highest BCUT2D eigenvalue weighted by Gasteiger charge is 2.24. The van der Waals surface area contributed by atoms with E-state index in [-0.39, 0.29) is 5.91 Å². The third-order valence-corrected chi connectivity index (χ3v) is 5.48. The number of fused-ring (bicyclic) bond motifs is 1. The zero-order valence-corrected chi connectivity index (χ0v) is 16.8. The predicted molar refractivity (Wildman–Crippen MR) is 113 cm³/mol. The van der Waals surface area contributed by atoms with Crippen molar-refractivity contribution < 1.29 is 13.9 Å². The smallest absolute Gasteiger partial charge is 0.298 e. The van der Waals surface area contributed by atoms with Crippen LogP contribution in [0.1, 0.15) is 31.2 Å². The van der Waals surface area contributed by atoms with Crippen LogP contribution < -0.4 is 15.0 Å². The van der Waals surface area contributed by atoms with Gasteiger partial charge >= 0.3 is 0 Å². The molecule has 0 saturated carbocycles. The van der Waals surface area contributed by atoms with Crippen molar-refractivity contribution in [2.75, 3.05) is 25.1 Å². The van der Waals surface area contributed by atoms with Crippen LogP contribution in [-0.4, -0.2) is 31.1 Å². The molecule has 1 fully saturated rings. The van der Waals surface area contributed by atoms with E-state index in [9.17, 15) is 4.79 Å². The first-order chi connectivity index (χ1) is 14.2. The fraction of sp³-hybridized carbons (Fsp3) is 0.391. The Kier molecular flexibility index (Phi) is 5.98. The van der Waals surface area contributed by atoms with Crippen molar-refractivity contribution >= 4 is 23.0 Å². The lowest BCUT2D eigenvalue weighted by Crippen LogP contribution is -2.36. The highest BCUT2D eigenvalue weighted by molar-refractivity contribution is 5.76. The molecule has 1 aromatic heterocycles. The lowest BCUT2D eigenvalue weighted by Gasteiger charge is -2.31. The molecule has 2 aromatic carbocycles. The van der Waals surface area contributed by atoms with Gasteiger partial charge in [-0.1, -0.05) is 24.3 Å². The molecule has 29 heavy (non-hydrogen) atoms. The van der Waals surface area contributed by atoms with Crippen LogP contribution >= 0.6 is 0 Å². The van der Waals surface area contributed by atoms with Gasteiger partial charge in [0, 0.05) is 26.1 Å². The number of carbonyl (C=O) groups is 1. The van der Waals surface area contributed by atoms with Gasteiger partial charge < -0.3 is 19.4 Å². The number of para-hydroxylation sites is 2. The zero-order valence-electron chi connectivity index (χ0n) is 16.8. The Balaban J connectivity index is 1.26. The van der Waals surface area contributed by atoms with Gasteiger partial charge in [-0.15, -0.1) is 0 Å². The molecular formula is C23H27N3O3. The van der Waals surface area contributed by atoms with E-state index in [2.05, 4.69) is 15.2 Å². The Morgan fingerprint density at radius 1 is 1.28 bits per heavy atom. The maximum absolute atomic E-state index is 12.3. The van der Waals surface area contributed by atoms with E-state index in [1.807, 2.05) is 48.5 Å². The highest BCUT2D eigenvalue weighted by Crippen LogP contribution is 2.28. The minimum absolute atomic E-state index is 0.0896. The Hall–Kier alpha value is -3.02. The minimum atomic E-state index is 0.0896. The summed E-state index contributed by atoms with van der Waals surface area (Å²) in [5.74, 6) is 1.37. The summed E-state index contributed by atoms with van der Waals surface area (Å²) in [5, 5.41) is 3.01. The van der Waals surface area contributed by atoms with Crippen molar-refractivity contribution in [3.63, 3.8) is 0 Å². The molecule has 1 atom stereocenters. The number of hydrogen-bond acceptors (Lipinski definition) is 5. The number of methoxy groups -OCH3 is 1. The molecule has 152 valence electrons. The second kappa shape index (κ2) is 8.99. The Morgan fingerprint density at radius 2 is 2.17 bits per heavy atom. The first kappa shape index (κ1) is 19.3. The van der Waals surface area contributed by atoms with Crippen LogP contribution in [0, 0.1) is 5.92 Å². The van der Waals surface area contributed by atoms with Crippen molar-refractivity contribution in [1.29, 1.82) is 0 Å². The lowest BCUT2D eigenvalue weighted by atomic mass is 9.93. The van der Waals surface area contributed by atoms with E-state index in [4.69, 9.17) is 9.15 Å². The van der Waals surface area contributed by atoms with Crippen LogP contribution in [0.3, 0.4) is 0 Å². The minimum Gasteiger partial charge on any atom is -0.497 e. The van der Waals surface area contributed by atoms with E-state index in [0.29, 0.717) is 24.9 Å². The van der Waals surface area contributed by atoms with Crippen LogP contribution in [0.2, 0.25) is 0 Å². The fourth-order valence-corrected chi connectivity index (χ4v) is 3.88. The molecule has 1 aliphatic heterocycles. The molecule has 1 saturated heterocycles. The number of ether oxygens (including phenoxy) is 1. The van der Waals surface area contributed by atoms with E-state index >= 15 is 0 Å². The largest absolute Gasteiger partial charge is 0.497 e. The number of piperidine rings is 1. The average Bonchev–Trinajstić information content (AvgIpc) is 3.21. The van der Waals surface area contributed by atoms with E-state index in [1.54, 1.807) is 7.11 Å². The summed E-state index contributed by atoms with van der Waals surface area (Å²) in [5.41, 5.74) is 2.75. The van der Waals surface area contributed by atoms with E-state index < -0.39 is 0 Å². The zero-order chi connectivity index (χ0) is 20.1. The van der Waals surface area contributed by atoms with Gasteiger partial charge in [0.2, 0.25) is 5.91 Å². The van der Waals surface area contributed by atoms with Crippen LogP contribution in [0.15, 0.2) is 52.9 Å². The van der Waals surface area contributed by atoms with Crippen molar-refractivity contribution in [2.45, 2.75) is 32.2 Å². The standard InChI is InChI=1S/C23H27N3O3/c1-28-19-8-4-6-18(14-19)15-24-22(27)12-11-17-7-5-13-26(16-17)23-25-20-9-2-3-10-21(20)29-23/h2-4,6,8-10,14,17H,5,7,11-13,15-16H2,1H3,(H,24,27)/t17-/m0/s1.